The van der Waals surface area contributed by atoms with Gasteiger partial charge in [-0.15, -0.1) is 0 Å². The Morgan fingerprint density at radius 2 is 1.88 bits per heavy atom. The highest BCUT2D eigenvalue weighted by Gasteiger charge is 2.30. The van der Waals surface area contributed by atoms with Crippen LogP contribution in [0.25, 0.3) is 16.8 Å². The molecule has 2 atom stereocenters. The maximum absolute atomic E-state index is 14.8. The Bertz CT molecular complexity index is 1650. The normalized spacial score (nSPS) is 20.8. The van der Waals surface area contributed by atoms with Gasteiger partial charge < -0.3 is 18.8 Å². The third-order valence-electron chi connectivity index (χ3n) is 9.53. The van der Waals surface area contributed by atoms with E-state index < -0.39 is 0 Å². The van der Waals surface area contributed by atoms with Gasteiger partial charge in [0.15, 0.2) is 0 Å². The minimum Gasteiger partial charge on any atom is -0.497 e. The quantitative estimate of drug-likeness (QED) is 0.204. The number of benzene rings is 3. The average molecular weight is 582 g/mol. The summed E-state index contributed by atoms with van der Waals surface area (Å²) < 4.78 is 35.0. The summed E-state index contributed by atoms with van der Waals surface area (Å²) in [6.45, 7) is 10.4. The number of ether oxygens (including phenoxy) is 3. The molecule has 2 fully saturated rings. The van der Waals surface area contributed by atoms with Gasteiger partial charge in [-0.05, 0) is 99.0 Å². The lowest BCUT2D eigenvalue weighted by Gasteiger charge is -2.35. The molecule has 43 heavy (non-hydrogen) atoms. The zero-order valence-corrected chi connectivity index (χ0v) is 25.2. The van der Waals surface area contributed by atoms with Crippen LogP contribution in [-0.2, 0) is 29.0 Å². The Morgan fingerprint density at radius 1 is 1.05 bits per heavy atom. The average Bonchev–Trinajstić information content (AvgIpc) is 3.34. The molecule has 0 amide bonds. The van der Waals surface area contributed by atoms with Crippen molar-refractivity contribution in [2.24, 2.45) is 0 Å². The molecule has 3 aliphatic rings. The van der Waals surface area contributed by atoms with Crippen molar-refractivity contribution in [2.75, 3.05) is 26.8 Å². The van der Waals surface area contributed by atoms with Crippen LogP contribution in [0.5, 0.6) is 5.75 Å². The Labute approximate surface area is 253 Å². The smallest absolute Gasteiger partial charge is 0.130 e. The molecule has 0 aliphatic carbocycles. The van der Waals surface area contributed by atoms with E-state index in [-0.39, 0.29) is 18.0 Å². The van der Waals surface area contributed by atoms with E-state index in [9.17, 15) is 4.39 Å². The van der Waals surface area contributed by atoms with Crippen LogP contribution in [0.4, 0.5) is 4.39 Å². The number of likely N-dealkylation sites (tertiary alicyclic amines) is 1. The second kappa shape index (κ2) is 11.8. The molecule has 2 unspecified atom stereocenters. The Balaban J connectivity index is 1.07. The van der Waals surface area contributed by atoms with Crippen LogP contribution in [0.15, 0.2) is 61.2 Å². The van der Waals surface area contributed by atoms with E-state index >= 15 is 0 Å². The number of rotatable bonds is 8. The molecule has 0 saturated carbocycles. The SMILES string of the molecule is C=C(OC)c1ccc2nc(CN3CCC(c4cccc5c4OC(c4ccc(C)cc4F)CC5)CC3)n(CC3CCO3)c2c1. The van der Waals surface area contributed by atoms with E-state index in [0.717, 1.165) is 98.6 Å². The lowest BCUT2D eigenvalue weighted by molar-refractivity contribution is -0.0592. The molecule has 7 rings (SSSR count). The van der Waals surface area contributed by atoms with Crippen molar-refractivity contribution in [1.29, 1.82) is 0 Å². The summed E-state index contributed by atoms with van der Waals surface area (Å²) in [6.07, 6.45) is 4.86. The molecule has 2 saturated heterocycles. The summed E-state index contributed by atoms with van der Waals surface area (Å²) in [6, 6.07) is 18.2. The van der Waals surface area contributed by atoms with Gasteiger partial charge in [-0.1, -0.05) is 36.9 Å². The van der Waals surface area contributed by atoms with Crippen LogP contribution in [0.1, 0.15) is 71.3 Å². The third-order valence-corrected chi connectivity index (χ3v) is 9.53. The monoisotopic (exact) mass is 581 g/mol. The Kier molecular flexibility index (Phi) is 7.70. The van der Waals surface area contributed by atoms with Gasteiger partial charge in [-0.2, -0.15) is 0 Å². The van der Waals surface area contributed by atoms with Crippen molar-refractivity contribution in [3.8, 4) is 5.75 Å². The van der Waals surface area contributed by atoms with Crippen molar-refractivity contribution in [2.45, 2.75) is 70.2 Å². The third kappa shape index (κ3) is 5.56. The van der Waals surface area contributed by atoms with E-state index in [2.05, 4.69) is 46.4 Å². The number of aryl methyl sites for hydroxylation is 2. The first-order valence-electron chi connectivity index (χ1n) is 15.6. The molecule has 6 nitrogen and oxygen atoms in total. The Hall–Kier alpha value is -3.68. The van der Waals surface area contributed by atoms with Gasteiger partial charge in [-0.3, -0.25) is 4.90 Å². The number of para-hydroxylation sites is 1. The maximum Gasteiger partial charge on any atom is 0.130 e. The highest BCUT2D eigenvalue weighted by atomic mass is 19.1. The molecule has 1 aromatic heterocycles. The standard InChI is InChI=1S/C36H40FN3O3/c1-23-7-10-30(31(37)19-23)34-12-9-26-5-4-6-29(36(26)43-34)25-13-16-39(17-14-25)22-35-38-32-11-8-27(24(2)41-3)20-33(32)40(35)21-28-15-18-42-28/h4-8,10-11,19-20,25,28,34H,2,9,12-18,21-22H2,1,3H3. The van der Waals surface area contributed by atoms with Gasteiger partial charge in [-0.25, -0.2) is 9.37 Å². The van der Waals surface area contributed by atoms with Gasteiger partial charge in [0, 0.05) is 17.7 Å². The molecular formula is C36H40FN3O3. The number of fused-ring (bicyclic) bond motifs is 2. The minimum absolute atomic E-state index is 0.172. The number of methoxy groups -OCH3 is 1. The van der Waals surface area contributed by atoms with E-state index in [4.69, 9.17) is 19.2 Å². The molecule has 4 aromatic rings. The molecule has 3 aromatic carbocycles. The number of nitrogens with zero attached hydrogens (tertiary/aromatic N) is 3. The van der Waals surface area contributed by atoms with Crippen molar-refractivity contribution >= 4 is 16.8 Å². The lowest BCUT2D eigenvalue weighted by atomic mass is 9.85. The van der Waals surface area contributed by atoms with Gasteiger partial charge >= 0.3 is 0 Å². The Morgan fingerprint density at radius 3 is 2.63 bits per heavy atom. The van der Waals surface area contributed by atoms with E-state index in [1.54, 1.807) is 13.2 Å². The molecule has 0 N–H and O–H groups in total. The molecule has 0 radical (unpaired) electrons. The predicted molar refractivity (Wildman–Crippen MR) is 167 cm³/mol. The highest BCUT2D eigenvalue weighted by Crippen LogP contribution is 2.43. The van der Waals surface area contributed by atoms with Crippen LogP contribution in [0.3, 0.4) is 0 Å². The zero-order chi connectivity index (χ0) is 29.5. The van der Waals surface area contributed by atoms with Crippen molar-refractivity contribution < 1.29 is 18.6 Å². The number of piperidine rings is 1. The molecule has 3 aliphatic heterocycles. The first-order chi connectivity index (χ1) is 21.0. The molecule has 224 valence electrons. The maximum atomic E-state index is 14.8. The van der Waals surface area contributed by atoms with Gasteiger partial charge in [0.2, 0.25) is 0 Å². The minimum atomic E-state index is -0.247. The van der Waals surface area contributed by atoms with Gasteiger partial charge in [0.1, 0.15) is 29.3 Å². The topological polar surface area (TPSA) is 48.8 Å². The van der Waals surface area contributed by atoms with E-state index in [0.29, 0.717) is 17.2 Å². The molecule has 0 bridgehead atoms. The molecular weight excluding hydrogens is 541 g/mol. The number of hydrogen-bond acceptors (Lipinski definition) is 5. The van der Waals surface area contributed by atoms with Crippen molar-refractivity contribution in [1.82, 2.24) is 14.5 Å². The van der Waals surface area contributed by atoms with Crippen LogP contribution in [-0.4, -0.2) is 47.4 Å². The second-order valence-corrected chi connectivity index (χ2v) is 12.3. The van der Waals surface area contributed by atoms with Crippen LogP contribution in [0.2, 0.25) is 0 Å². The first-order valence-corrected chi connectivity index (χ1v) is 15.6. The number of hydrogen-bond donors (Lipinski definition) is 0. The molecule has 7 heteroatoms. The summed E-state index contributed by atoms with van der Waals surface area (Å²) in [7, 11) is 1.65. The van der Waals surface area contributed by atoms with E-state index in [1.807, 2.05) is 25.1 Å². The fourth-order valence-corrected chi connectivity index (χ4v) is 6.89. The summed E-state index contributed by atoms with van der Waals surface area (Å²) in [5.41, 5.74) is 7.17. The van der Waals surface area contributed by atoms with Gasteiger partial charge in [0.25, 0.3) is 0 Å². The summed E-state index contributed by atoms with van der Waals surface area (Å²) >= 11 is 0. The van der Waals surface area contributed by atoms with Crippen LogP contribution in [0, 0.1) is 12.7 Å². The highest BCUT2D eigenvalue weighted by molar-refractivity contribution is 5.80. The van der Waals surface area contributed by atoms with Crippen molar-refractivity contribution in [3.05, 3.63) is 101 Å². The second-order valence-electron chi connectivity index (χ2n) is 12.3. The lowest BCUT2D eigenvalue weighted by Crippen LogP contribution is -2.35. The largest absolute Gasteiger partial charge is 0.497 e. The van der Waals surface area contributed by atoms with Crippen LogP contribution < -0.4 is 4.74 Å². The van der Waals surface area contributed by atoms with Crippen molar-refractivity contribution in [3.63, 3.8) is 0 Å². The molecule has 0 spiro atoms. The van der Waals surface area contributed by atoms with E-state index in [1.165, 1.54) is 11.1 Å². The number of halogens is 1. The summed E-state index contributed by atoms with van der Waals surface area (Å²) in [4.78, 5) is 7.59. The summed E-state index contributed by atoms with van der Waals surface area (Å²) in [5, 5.41) is 0. The zero-order valence-electron chi connectivity index (χ0n) is 25.2. The summed E-state index contributed by atoms with van der Waals surface area (Å²) in [5.74, 6) is 2.95. The first kappa shape index (κ1) is 28.1. The fourth-order valence-electron chi connectivity index (χ4n) is 6.89. The fraction of sp³-hybridized carbons (Fsp3) is 0.417. The predicted octanol–water partition coefficient (Wildman–Crippen LogP) is 7.34. The molecule has 4 heterocycles. The van der Waals surface area contributed by atoms with Crippen LogP contribution >= 0.6 is 0 Å². The van der Waals surface area contributed by atoms with Gasteiger partial charge in [0.05, 0.1) is 37.3 Å². The number of aromatic nitrogens is 2. The number of imidazole rings is 1.